The van der Waals surface area contributed by atoms with Crippen LogP contribution in [-0.4, -0.2) is 25.0 Å². The van der Waals surface area contributed by atoms with Gasteiger partial charge in [0.15, 0.2) is 0 Å². The number of furan rings is 1. The third-order valence-electron chi connectivity index (χ3n) is 4.30. The van der Waals surface area contributed by atoms with E-state index in [4.69, 9.17) is 4.42 Å². The van der Waals surface area contributed by atoms with Crippen LogP contribution in [0, 0.1) is 6.92 Å². The Hall–Kier alpha value is -1.58. The van der Waals surface area contributed by atoms with E-state index in [-0.39, 0.29) is 0 Å². The van der Waals surface area contributed by atoms with Crippen molar-refractivity contribution in [3.05, 3.63) is 58.5 Å². The molecule has 0 bridgehead atoms. The van der Waals surface area contributed by atoms with E-state index < -0.39 is 0 Å². The molecule has 1 aliphatic rings. The fraction of sp³-hybridized carbons (Fsp3) is 0.444. The monoisotopic (exact) mass is 284 g/mol. The first-order chi connectivity index (χ1) is 10.3. The van der Waals surface area contributed by atoms with Crippen LogP contribution >= 0.6 is 0 Å². The average Bonchev–Trinajstić information content (AvgIpc) is 2.71. The average molecular weight is 284 g/mol. The van der Waals surface area contributed by atoms with E-state index in [1.807, 2.05) is 7.05 Å². The number of hydrogen-bond acceptors (Lipinski definition) is 3. The number of rotatable bonds is 4. The van der Waals surface area contributed by atoms with E-state index in [9.17, 15) is 0 Å². The highest BCUT2D eigenvalue weighted by Crippen LogP contribution is 2.20. The lowest BCUT2D eigenvalue weighted by Crippen LogP contribution is -2.25. The third-order valence-corrected chi connectivity index (χ3v) is 4.30. The number of benzene rings is 1. The summed E-state index contributed by atoms with van der Waals surface area (Å²) in [6.07, 6.45) is 2.28. The molecular weight excluding hydrogens is 260 g/mol. The Bertz CT molecular complexity index is 576. The minimum Gasteiger partial charge on any atom is -0.463 e. The fourth-order valence-corrected chi connectivity index (χ4v) is 3.10. The van der Waals surface area contributed by atoms with Crippen molar-refractivity contribution in [2.75, 3.05) is 20.1 Å². The van der Waals surface area contributed by atoms with Crippen LogP contribution in [0.15, 0.2) is 34.7 Å². The molecule has 0 saturated carbocycles. The van der Waals surface area contributed by atoms with E-state index in [2.05, 4.69) is 47.5 Å². The van der Waals surface area contributed by atoms with Gasteiger partial charge in [-0.25, -0.2) is 0 Å². The second-order valence-electron chi connectivity index (χ2n) is 5.89. The van der Waals surface area contributed by atoms with Gasteiger partial charge in [0.25, 0.3) is 0 Å². The molecule has 1 aromatic carbocycles. The molecule has 0 atom stereocenters. The zero-order valence-corrected chi connectivity index (χ0v) is 13.0. The van der Waals surface area contributed by atoms with Gasteiger partial charge in [-0.15, -0.1) is 0 Å². The molecular formula is C18H24N2O. The lowest BCUT2D eigenvalue weighted by atomic mass is 10.0. The van der Waals surface area contributed by atoms with Gasteiger partial charge < -0.3 is 9.73 Å². The highest BCUT2D eigenvalue weighted by molar-refractivity contribution is 5.28. The molecule has 112 valence electrons. The summed E-state index contributed by atoms with van der Waals surface area (Å²) >= 11 is 0. The van der Waals surface area contributed by atoms with E-state index in [1.54, 1.807) is 0 Å². The van der Waals surface area contributed by atoms with Crippen molar-refractivity contribution in [1.82, 2.24) is 10.2 Å². The van der Waals surface area contributed by atoms with Gasteiger partial charge in [-0.05, 0) is 49.6 Å². The topological polar surface area (TPSA) is 28.4 Å². The summed E-state index contributed by atoms with van der Waals surface area (Å²) in [6, 6.07) is 11.0. The van der Waals surface area contributed by atoms with Gasteiger partial charge in [0.1, 0.15) is 11.5 Å². The molecule has 0 radical (unpaired) electrons. The van der Waals surface area contributed by atoms with Gasteiger partial charge in [-0.3, -0.25) is 4.90 Å². The molecule has 2 heterocycles. The molecule has 2 aromatic rings. The SMILES string of the molecule is CNCc1oc(CN2CCc3ccccc3CC2)cc1C. The first kappa shape index (κ1) is 14.4. The van der Waals surface area contributed by atoms with Gasteiger partial charge in [-0.1, -0.05) is 24.3 Å². The number of nitrogens with one attached hydrogen (secondary N) is 1. The molecule has 3 rings (SSSR count). The molecule has 0 saturated heterocycles. The number of aryl methyl sites for hydroxylation is 1. The minimum absolute atomic E-state index is 0.803. The Morgan fingerprint density at radius 2 is 1.81 bits per heavy atom. The van der Waals surface area contributed by atoms with E-state index >= 15 is 0 Å². The lowest BCUT2D eigenvalue weighted by Gasteiger charge is -2.18. The van der Waals surface area contributed by atoms with Gasteiger partial charge in [0.05, 0.1) is 13.1 Å². The predicted molar refractivity (Wildman–Crippen MR) is 85.3 cm³/mol. The zero-order chi connectivity index (χ0) is 14.7. The summed E-state index contributed by atoms with van der Waals surface area (Å²) in [7, 11) is 1.95. The van der Waals surface area contributed by atoms with Crippen molar-refractivity contribution in [3.8, 4) is 0 Å². The maximum absolute atomic E-state index is 5.97. The molecule has 21 heavy (non-hydrogen) atoms. The van der Waals surface area contributed by atoms with Crippen molar-refractivity contribution in [2.45, 2.75) is 32.9 Å². The van der Waals surface area contributed by atoms with Crippen LogP contribution in [0.2, 0.25) is 0 Å². The Balaban J connectivity index is 1.65. The number of fused-ring (bicyclic) bond motifs is 1. The lowest BCUT2D eigenvalue weighted by molar-refractivity contribution is 0.252. The standard InChI is InChI=1S/C18H24N2O/c1-14-11-17(21-18(14)12-19-2)13-20-9-7-15-5-3-4-6-16(15)8-10-20/h3-6,11,19H,7-10,12-13H2,1-2H3. The smallest absolute Gasteiger partial charge is 0.120 e. The summed E-state index contributed by atoms with van der Waals surface area (Å²) in [5.41, 5.74) is 4.26. The van der Waals surface area contributed by atoms with Crippen LogP contribution in [-0.2, 0) is 25.9 Å². The molecule has 1 N–H and O–H groups in total. The van der Waals surface area contributed by atoms with Crippen LogP contribution in [0.4, 0.5) is 0 Å². The van der Waals surface area contributed by atoms with Crippen molar-refractivity contribution < 1.29 is 4.42 Å². The first-order valence-electron chi connectivity index (χ1n) is 7.78. The zero-order valence-electron chi connectivity index (χ0n) is 13.0. The van der Waals surface area contributed by atoms with Gasteiger partial charge in [0, 0.05) is 13.1 Å². The summed E-state index contributed by atoms with van der Waals surface area (Å²) in [5, 5.41) is 3.16. The second-order valence-corrected chi connectivity index (χ2v) is 5.89. The Morgan fingerprint density at radius 3 is 2.43 bits per heavy atom. The molecule has 0 spiro atoms. The first-order valence-corrected chi connectivity index (χ1v) is 7.78. The normalized spacial score (nSPS) is 15.7. The van der Waals surface area contributed by atoms with Crippen LogP contribution < -0.4 is 5.32 Å². The van der Waals surface area contributed by atoms with Crippen molar-refractivity contribution in [2.24, 2.45) is 0 Å². The molecule has 0 amide bonds. The summed E-state index contributed by atoms with van der Waals surface area (Å²) in [6.45, 7) is 6.06. The Kier molecular flexibility index (Phi) is 4.42. The van der Waals surface area contributed by atoms with Crippen LogP contribution in [0.25, 0.3) is 0 Å². The van der Waals surface area contributed by atoms with Crippen LogP contribution in [0.3, 0.4) is 0 Å². The van der Waals surface area contributed by atoms with Gasteiger partial charge in [-0.2, -0.15) is 0 Å². The van der Waals surface area contributed by atoms with Crippen LogP contribution in [0.1, 0.15) is 28.2 Å². The molecule has 0 unspecified atom stereocenters. The Labute approximate surface area is 127 Å². The quantitative estimate of drug-likeness (QED) is 0.936. The third kappa shape index (κ3) is 3.36. The van der Waals surface area contributed by atoms with Crippen molar-refractivity contribution in [1.29, 1.82) is 0 Å². The maximum Gasteiger partial charge on any atom is 0.120 e. The highest BCUT2D eigenvalue weighted by atomic mass is 16.3. The maximum atomic E-state index is 5.97. The van der Waals surface area contributed by atoms with Gasteiger partial charge in [0.2, 0.25) is 0 Å². The highest BCUT2D eigenvalue weighted by Gasteiger charge is 2.16. The predicted octanol–water partition coefficient (Wildman–Crippen LogP) is 2.91. The van der Waals surface area contributed by atoms with Gasteiger partial charge >= 0.3 is 0 Å². The van der Waals surface area contributed by atoms with E-state index in [0.29, 0.717) is 0 Å². The molecule has 3 nitrogen and oxygen atoms in total. The van der Waals surface area contributed by atoms with Crippen molar-refractivity contribution >= 4 is 0 Å². The Morgan fingerprint density at radius 1 is 1.14 bits per heavy atom. The summed E-state index contributed by atoms with van der Waals surface area (Å²) in [4.78, 5) is 2.50. The largest absolute Gasteiger partial charge is 0.463 e. The number of nitrogens with zero attached hydrogens (tertiary/aromatic N) is 1. The van der Waals surface area contributed by atoms with Crippen molar-refractivity contribution in [3.63, 3.8) is 0 Å². The number of hydrogen-bond donors (Lipinski definition) is 1. The summed E-state index contributed by atoms with van der Waals surface area (Å²) < 4.78 is 5.97. The fourth-order valence-electron chi connectivity index (χ4n) is 3.10. The molecule has 0 aliphatic carbocycles. The molecule has 1 aliphatic heterocycles. The van der Waals surface area contributed by atoms with E-state index in [0.717, 1.165) is 50.5 Å². The van der Waals surface area contributed by atoms with E-state index in [1.165, 1.54) is 16.7 Å². The molecule has 3 heteroatoms. The second kappa shape index (κ2) is 6.46. The molecule has 0 fully saturated rings. The van der Waals surface area contributed by atoms with Crippen LogP contribution in [0.5, 0.6) is 0 Å². The minimum atomic E-state index is 0.803. The molecule has 1 aromatic heterocycles. The summed E-state index contributed by atoms with van der Waals surface area (Å²) in [5.74, 6) is 2.15.